The molecule has 2 N–H and O–H groups in total. The predicted molar refractivity (Wildman–Crippen MR) is 61.9 cm³/mol. The van der Waals surface area contributed by atoms with Gasteiger partial charge in [-0.3, -0.25) is 0 Å². The highest BCUT2D eigenvalue weighted by atomic mass is 19.4. The fraction of sp³-hybridized carbons (Fsp3) is 0.538. The summed E-state index contributed by atoms with van der Waals surface area (Å²) in [4.78, 5) is 0. The predicted octanol–water partition coefficient (Wildman–Crippen LogP) is 2.85. The molecular formula is C13H15F4NO. The summed E-state index contributed by atoms with van der Waals surface area (Å²) >= 11 is 0. The van der Waals surface area contributed by atoms with Crippen LogP contribution in [0.5, 0.6) is 0 Å². The van der Waals surface area contributed by atoms with Crippen LogP contribution in [0.4, 0.5) is 17.6 Å². The summed E-state index contributed by atoms with van der Waals surface area (Å²) in [5.74, 6) is -0.908. The van der Waals surface area contributed by atoms with Crippen molar-refractivity contribution in [3.05, 3.63) is 35.1 Å². The van der Waals surface area contributed by atoms with E-state index in [0.29, 0.717) is 25.5 Å². The maximum absolute atomic E-state index is 13.1. The molecule has 2 nitrogen and oxygen atoms in total. The van der Waals surface area contributed by atoms with Crippen molar-refractivity contribution in [1.82, 2.24) is 5.32 Å². The summed E-state index contributed by atoms with van der Waals surface area (Å²) in [6.45, 7) is 0.411. The molecule has 0 spiro atoms. The second kappa shape index (κ2) is 5.09. The van der Waals surface area contributed by atoms with Crippen LogP contribution in [0, 0.1) is 5.82 Å². The third-order valence-corrected chi connectivity index (χ3v) is 3.35. The van der Waals surface area contributed by atoms with Crippen LogP contribution in [0.25, 0.3) is 0 Å². The molecule has 0 amide bonds. The maximum Gasteiger partial charge on any atom is 0.416 e. The van der Waals surface area contributed by atoms with E-state index in [1.54, 1.807) is 0 Å². The van der Waals surface area contributed by atoms with Crippen LogP contribution in [-0.2, 0) is 12.7 Å². The highest BCUT2D eigenvalue weighted by molar-refractivity contribution is 5.26. The number of alkyl halides is 3. The molecule has 1 aromatic rings. The molecule has 0 aromatic heterocycles. The Morgan fingerprint density at radius 2 is 1.89 bits per heavy atom. The molecule has 0 atom stereocenters. The highest BCUT2D eigenvalue weighted by Gasteiger charge is 2.34. The first kappa shape index (κ1) is 14.3. The Morgan fingerprint density at radius 3 is 2.42 bits per heavy atom. The summed E-state index contributed by atoms with van der Waals surface area (Å²) in [7, 11) is 0. The second-order valence-electron chi connectivity index (χ2n) is 5.03. The Bertz CT molecular complexity index is 454. The van der Waals surface area contributed by atoms with Gasteiger partial charge in [-0.1, -0.05) is 0 Å². The quantitative estimate of drug-likeness (QED) is 0.829. The minimum absolute atomic E-state index is 0.100. The molecule has 2 rings (SSSR count). The van der Waals surface area contributed by atoms with E-state index in [9.17, 15) is 22.7 Å². The van der Waals surface area contributed by atoms with Gasteiger partial charge in [-0.25, -0.2) is 4.39 Å². The standard InChI is InChI=1S/C13H15F4NO/c14-11-5-9(4-10(6-11)13(15,16)17)7-18-8-12(19)2-1-3-12/h4-6,18-19H,1-3,7-8H2. The number of hydrogen-bond donors (Lipinski definition) is 2. The third-order valence-electron chi connectivity index (χ3n) is 3.35. The molecule has 6 heteroatoms. The Hall–Kier alpha value is -1.14. The van der Waals surface area contributed by atoms with Crippen LogP contribution in [-0.4, -0.2) is 17.3 Å². The first-order valence-electron chi connectivity index (χ1n) is 6.08. The molecule has 1 aliphatic rings. The number of aliphatic hydroxyl groups is 1. The normalized spacial score (nSPS) is 18.2. The SMILES string of the molecule is OC1(CNCc2cc(F)cc(C(F)(F)F)c2)CCC1. The van der Waals surface area contributed by atoms with Crippen molar-refractivity contribution in [1.29, 1.82) is 0 Å². The lowest BCUT2D eigenvalue weighted by molar-refractivity contribution is -0.137. The molecule has 106 valence electrons. The van der Waals surface area contributed by atoms with Gasteiger partial charge in [0.2, 0.25) is 0 Å². The molecule has 1 aliphatic carbocycles. The lowest BCUT2D eigenvalue weighted by Crippen LogP contribution is -2.46. The van der Waals surface area contributed by atoms with Gasteiger partial charge in [0.1, 0.15) is 5.82 Å². The Kier molecular flexibility index (Phi) is 3.82. The van der Waals surface area contributed by atoms with Gasteiger partial charge in [0.05, 0.1) is 11.2 Å². The Morgan fingerprint density at radius 1 is 1.21 bits per heavy atom. The van der Waals surface area contributed by atoms with E-state index in [4.69, 9.17) is 0 Å². The number of hydrogen-bond acceptors (Lipinski definition) is 2. The number of halogens is 4. The molecule has 1 saturated carbocycles. The molecule has 1 fully saturated rings. The van der Waals surface area contributed by atoms with Gasteiger partial charge in [0.15, 0.2) is 0 Å². The first-order chi connectivity index (χ1) is 8.78. The van der Waals surface area contributed by atoms with E-state index in [1.165, 1.54) is 0 Å². The van der Waals surface area contributed by atoms with E-state index in [2.05, 4.69) is 5.32 Å². The molecule has 0 heterocycles. The lowest BCUT2D eigenvalue weighted by Gasteiger charge is -2.36. The van der Waals surface area contributed by atoms with Crippen LogP contribution in [0.3, 0.4) is 0 Å². The average molecular weight is 277 g/mol. The van der Waals surface area contributed by atoms with Crippen molar-refractivity contribution in [2.45, 2.75) is 37.6 Å². The molecule has 0 unspecified atom stereocenters. The van der Waals surface area contributed by atoms with Gasteiger partial charge < -0.3 is 10.4 Å². The van der Waals surface area contributed by atoms with Crippen molar-refractivity contribution in [3.8, 4) is 0 Å². The molecule has 0 aliphatic heterocycles. The summed E-state index contributed by atoms with van der Waals surface area (Å²) in [5, 5.41) is 12.7. The van der Waals surface area contributed by atoms with Gasteiger partial charge in [0, 0.05) is 13.1 Å². The van der Waals surface area contributed by atoms with Crippen LogP contribution >= 0.6 is 0 Å². The smallest absolute Gasteiger partial charge is 0.389 e. The number of rotatable bonds is 4. The van der Waals surface area contributed by atoms with E-state index in [1.807, 2.05) is 0 Å². The fourth-order valence-electron chi connectivity index (χ4n) is 2.12. The fourth-order valence-corrected chi connectivity index (χ4v) is 2.12. The van der Waals surface area contributed by atoms with Crippen LogP contribution in [0.1, 0.15) is 30.4 Å². The summed E-state index contributed by atoms with van der Waals surface area (Å²) in [5.41, 5.74) is -1.53. The van der Waals surface area contributed by atoms with E-state index >= 15 is 0 Å². The third kappa shape index (κ3) is 3.67. The minimum atomic E-state index is -4.55. The zero-order valence-electron chi connectivity index (χ0n) is 10.2. The molecular weight excluding hydrogens is 262 g/mol. The van der Waals surface area contributed by atoms with Gasteiger partial charge in [-0.2, -0.15) is 13.2 Å². The van der Waals surface area contributed by atoms with Gasteiger partial charge in [0.25, 0.3) is 0 Å². The van der Waals surface area contributed by atoms with Crippen LogP contribution in [0.15, 0.2) is 18.2 Å². The first-order valence-corrected chi connectivity index (χ1v) is 6.08. The minimum Gasteiger partial charge on any atom is -0.389 e. The molecule has 0 radical (unpaired) electrons. The van der Waals surface area contributed by atoms with Gasteiger partial charge >= 0.3 is 6.18 Å². The van der Waals surface area contributed by atoms with Gasteiger partial charge in [-0.15, -0.1) is 0 Å². The van der Waals surface area contributed by atoms with Crippen molar-refractivity contribution >= 4 is 0 Å². The Labute approximate surface area is 108 Å². The summed E-state index contributed by atoms with van der Waals surface area (Å²) < 4.78 is 50.6. The topological polar surface area (TPSA) is 32.3 Å². The molecule has 0 bridgehead atoms. The zero-order chi connectivity index (χ0) is 14.1. The number of benzene rings is 1. The zero-order valence-corrected chi connectivity index (χ0v) is 10.2. The van der Waals surface area contributed by atoms with Crippen LogP contribution < -0.4 is 5.32 Å². The van der Waals surface area contributed by atoms with Crippen molar-refractivity contribution < 1.29 is 22.7 Å². The van der Waals surface area contributed by atoms with E-state index in [-0.39, 0.29) is 12.1 Å². The molecule has 19 heavy (non-hydrogen) atoms. The van der Waals surface area contributed by atoms with Crippen molar-refractivity contribution in [2.75, 3.05) is 6.54 Å². The number of nitrogens with one attached hydrogen (secondary N) is 1. The van der Waals surface area contributed by atoms with Crippen LogP contribution in [0.2, 0.25) is 0 Å². The highest BCUT2D eigenvalue weighted by Crippen LogP contribution is 2.31. The van der Waals surface area contributed by atoms with E-state index < -0.39 is 23.2 Å². The molecule has 0 saturated heterocycles. The Balaban J connectivity index is 1.98. The van der Waals surface area contributed by atoms with Crippen molar-refractivity contribution in [2.24, 2.45) is 0 Å². The maximum atomic E-state index is 13.1. The summed E-state index contributed by atoms with van der Waals surface area (Å²) in [6.07, 6.45) is -2.21. The average Bonchev–Trinajstić information content (AvgIpc) is 2.25. The second-order valence-corrected chi connectivity index (χ2v) is 5.03. The van der Waals surface area contributed by atoms with E-state index in [0.717, 1.165) is 18.6 Å². The largest absolute Gasteiger partial charge is 0.416 e. The van der Waals surface area contributed by atoms with Crippen molar-refractivity contribution in [3.63, 3.8) is 0 Å². The molecule has 1 aromatic carbocycles. The lowest BCUT2D eigenvalue weighted by atomic mass is 9.80. The van der Waals surface area contributed by atoms with Gasteiger partial charge in [-0.05, 0) is 43.0 Å². The summed E-state index contributed by atoms with van der Waals surface area (Å²) in [6, 6.07) is 2.46. The monoisotopic (exact) mass is 277 g/mol.